The normalized spacial score (nSPS) is 10.9. The number of benzene rings is 2. The van der Waals surface area contributed by atoms with Crippen LogP contribution >= 0.6 is 0 Å². The van der Waals surface area contributed by atoms with Gasteiger partial charge in [-0.1, -0.05) is 25.1 Å². The second-order valence-corrected chi connectivity index (χ2v) is 6.15. The molecular weight excluding hydrogens is 296 g/mol. The highest BCUT2D eigenvalue weighted by Gasteiger charge is 2.19. The van der Waals surface area contributed by atoms with Crippen molar-refractivity contribution in [1.82, 2.24) is 9.78 Å². The van der Waals surface area contributed by atoms with E-state index in [0.29, 0.717) is 0 Å². The summed E-state index contributed by atoms with van der Waals surface area (Å²) in [4.78, 5) is 0. The molecule has 2 aromatic carbocycles. The molecule has 3 aromatic rings. The number of methoxy groups -OCH3 is 1. The van der Waals surface area contributed by atoms with Crippen LogP contribution in [0.1, 0.15) is 29.3 Å². The lowest BCUT2D eigenvalue weighted by Crippen LogP contribution is -2.02. The lowest BCUT2D eigenvalue weighted by Gasteiger charge is -2.14. The van der Waals surface area contributed by atoms with Crippen molar-refractivity contribution in [3.05, 3.63) is 64.8 Å². The van der Waals surface area contributed by atoms with Crippen molar-refractivity contribution in [2.75, 3.05) is 7.11 Å². The first-order valence-electron chi connectivity index (χ1n) is 8.36. The predicted molar refractivity (Wildman–Crippen MR) is 99.1 cm³/mol. The van der Waals surface area contributed by atoms with Crippen LogP contribution in [0.3, 0.4) is 0 Å². The summed E-state index contributed by atoms with van der Waals surface area (Å²) in [7, 11) is 1.68. The van der Waals surface area contributed by atoms with Gasteiger partial charge in [0.05, 0.1) is 24.2 Å². The quantitative estimate of drug-likeness (QED) is 0.673. The molecule has 0 spiro atoms. The van der Waals surface area contributed by atoms with Crippen LogP contribution in [0.2, 0.25) is 0 Å². The summed E-state index contributed by atoms with van der Waals surface area (Å²) in [6, 6.07) is 14.5. The summed E-state index contributed by atoms with van der Waals surface area (Å²) < 4.78 is 7.35. The van der Waals surface area contributed by atoms with Crippen LogP contribution in [0.15, 0.2) is 42.5 Å². The Morgan fingerprint density at radius 3 is 2.12 bits per heavy atom. The van der Waals surface area contributed by atoms with Crippen LogP contribution in [0.5, 0.6) is 5.75 Å². The van der Waals surface area contributed by atoms with E-state index in [1.54, 1.807) is 7.11 Å². The number of nitrogens with zero attached hydrogens (tertiary/aromatic N) is 2. The van der Waals surface area contributed by atoms with E-state index in [0.717, 1.165) is 23.6 Å². The summed E-state index contributed by atoms with van der Waals surface area (Å²) >= 11 is 0. The van der Waals surface area contributed by atoms with E-state index < -0.39 is 0 Å². The van der Waals surface area contributed by atoms with Gasteiger partial charge >= 0.3 is 0 Å². The van der Waals surface area contributed by atoms with Crippen LogP contribution in [0.25, 0.3) is 16.9 Å². The zero-order valence-corrected chi connectivity index (χ0v) is 15.1. The van der Waals surface area contributed by atoms with Crippen LogP contribution < -0.4 is 4.74 Å². The first-order valence-corrected chi connectivity index (χ1v) is 8.36. The van der Waals surface area contributed by atoms with E-state index in [1.807, 2.05) is 12.1 Å². The summed E-state index contributed by atoms with van der Waals surface area (Å²) in [6.45, 7) is 8.66. The molecule has 124 valence electrons. The van der Waals surface area contributed by atoms with Crippen molar-refractivity contribution in [1.29, 1.82) is 0 Å². The summed E-state index contributed by atoms with van der Waals surface area (Å²) in [5.41, 5.74) is 8.46. The SMILES string of the molecule is CCc1nn(-c2ccc(OC)cc2)c(-c2c(C)cccc2C)c1C. The highest BCUT2D eigenvalue weighted by molar-refractivity contribution is 5.73. The van der Waals surface area contributed by atoms with Crippen LogP contribution in [0, 0.1) is 20.8 Å². The highest BCUT2D eigenvalue weighted by Crippen LogP contribution is 2.33. The molecule has 0 unspecified atom stereocenters. The topological polar surface area (TPSA) is 27.1 Å². The number of aromatic nitrogens is 2. The maximum absolute atomic E-state index is 5.28. The Morgan fingerprint density at radius 2 is 1.58 bits per heavy atom. The van der Waals surface area contributed by atoms with Crippen LogP contribution in [-0.4, -0.2) is 16.9 Å². The zero-order valence-electron chi connectivity index (χ0n) is 15.1. The molecule has 0 N–H and O–H groups in total. The van der Waals surface area contributed by atoms with E-state index in [1.165, 1.54) is 27.9 Å². The first kappa shape index (κ1) is 16.3. The molecule has 0 bridgehead atoms. The van der Waals surface area contributed by atoms with E-state index in [-0.39, 0.29) is 0 Å². The number of hydrogen-bond donors (Lipinski definition) is 0. The standard InChI is InChI=1S/C21H24N2O/c1-6-19-16(4)21(20-14(2)8-7-9-15(20)3)23(22-19)17-10-12-18(24-5)13-11-17/h7-13H,6H2,1-5H3. The molecule has 0 radical (unpaired) electrons. The fourth-order valence-corrected chi connectivity index (χ4v) is 3.27. The van der Waals surface area contributed by atoms with Gasteiger partial charge in [0, 0.05) is 5.56 Å². The highest BCUT2D eigenvalue weighted by atomic mass is 16.5. The summed E-state index contributed by atoms with van der Waals surface area (Å²) in [5, 5.41) is 4.89. The number of hydrogen-bond acceptors (Lipinski definition) is 2. The van der Waals surface area contributed by atoms with E-state index in [2.05, 4.69) is 62.7 Å². The molecule has 1 aromatic heterocycles. The molecule has 0 fully saturated rings. The molecule has 0 aliphatic rings. The maximum atomic E-state index is 5.28. The zero-order chi connectivity index (χ0) is 17.3. The van der Waals surface area contributed by atoms with Crippen molar-refractivity contribution >= 4 is 0 Å². The molecule has 3 nitrogen and oxygen atoms in total. The van der Waals surface area contributed by atoms with Gasteiger partial charge in [-0.25, -0.2) is 4.68 Å². The fourth-order valence-electron chi connectivity index (χ4n) is 3.27. The third-order valence-electron chi connectivity index (χ3n) is 4.59. The molecule has 1 heterocycles. The van der Waals surface area contributed by atoms with Gasteiger partial charge in [0.15, 0.2) is 0 Å². The number of ether oxygens (including phenoxy) is 1. The Morgan fingerprint density at radius 1 is 0.958 bits per heavy atom. The molecule has 0 aliphatic heterocycles. The molecule has 0 amide bonds. The second-order valence-electron chi connectivity index (χ2n) is 6.15. The molecule has 3 rings (SSSR count). The molecule has 0 saturated carbocycles. The van der Waals surface area contributed by atoms with Crippen molar-refractivity contribution in [2.24, 2.45) is 0 Å². The molecule has 3 heteroatoms. The predicted octanol–water partition coefficient (Wildman–Crippen LogP) is 5.04. The average Bonchev–Trinajstić information content (AvgIpc) is 2.92. The molecular formula is C21H24N2O. The van der Waals surface area contributed by atoms with E-state index in [9.17, 15) is 0 Å². The van der Waals surface area contributed by atoms with Gasteiger partial charge in [-0.2, -0.15) is 5.10 Å². The smallest absolute Gasteiger partial charge is 0.119 e. The third kappa shape index (κ3) is 2.71. The Kier molecular flexibility index (Phi) is 4.43. The Balaban J connectivity index is 2.27. The largest absolute Gasteiger partial charge is 0.497 e. The maximum Gasteiger partial charge on any atom is 0.119 e. The molecule has 0 atom stereocenters. The van der Waals surface area contributed by atoms with E-state index in [4.69, 9.17) is 9.84 Å². The Labute approximate surface area is 143 Å². The van der Waals surface area contributed by atoms with Gasteiger partial charge in [0.1, 0.15) is 5.75 Å². The average molecular weight is 320 g/mol. The van der Waals surface area contributed by atoms with Crippen LogP contribution in [0.4, 0.5) is 0 Å². The summed E-state index contributed by atoms with van der Waals surface area (Å²) in [5.74, 6) is 0.854. The van der Waals surface area contributed by atoms with Gasteiger partial charge in [0.2, 0.25) is 0 Å². The van der Waals surface area contributed by atoms with Crippen molar-refractivity contribution in [2.45, 2.75) is 34.1 Å². The van der Waals surface area contributed by atoms with Gasteiger partial charge in [-0.15, -0.1) is 0 Å². The van der Waals surface area contributed by atoms with Gasteiger partial charge < -0.3 is 4.74 Å². The van der Waals surface area contributed by atoms with Gasteiger partial charge in [-0.3, -0.25) is 0 Å². The molecule has 0 saturated heterocycles. The lowest BCUT2D eigenvalue weighted by molar-refractivity contribution is 0.414. The minimum absolute atomic E-state index is 0.854. The van der Waals surface area contributed by atoms with E-state index >= 15 is 0 Å². The molecule has 0 aliphatic carbocycles. The van der Waals surface area contributed by atoms with Crippen molar-refractivity contribution in [3.8, 4) is 22.7 Å². The minimum atomic E-state index is 0.854. The summed E-state index contributed by atoms with van der Waals surface area (Å²) in [6.07, 6.45) is 0.924. The number of aryl methyl sites for hydroxylation is 3. The minimum Gasteiger partial charge on any atom is -0.497 e. The molecule has 24 heavy (non-hydrogen) atoms. The van der Waals surface area contributed by atoms with Gasteiger partial charge in [-0.05, 0) is 68.1 Å². The van der Waals surface area contributed by atoms with Crippen LogP contribution in [-0.2, 0) is 6.42 Å². The lowest BCUT2D eigenvalue weighted by atomic mass is 9.96. The van der Waals surface area contributed by atoms with Crippen molar-refractivity contribution < 1.29 is 4.74 Å². The first-order chi connectivity index (χ1) is 11.6. The third-order valence-corrected chi connectivity index (χ3v) is 4.59. The monoisotopic (exact) mass is 320 g/mol. The fraction of sp³-hybridized carbons (Fsp3) is 0.286. The van der Waals surface area contributed by atoms with Gasteiger partial charge in [0.25, 0.3) is 0 Å². The Hall–Kier alpha value is -2.55. The second kappa shape index (κ2) is 6.52. The number of rotatable bonds is 4. The van der Waals surface area contributed by atoms with Crippen molar-refractivity contribution in [3.63, 3.8) is 0 Å². The Bertz CT molecular complexity index is 840.